The van der Waals surface area contributed by atoms with Gasteiger partial charge in [0.1, 0.15) is 0 Å². The highest BCUT2D eigenvalue weighted by Crippen LogP contribution is 2.18. The summed E-state index contributed by atoms with van der Waals surface area (Å²) in [6.45, 7) is 1.27. The minimum atomic E-state index is -0.923. The van der Waals surface area contributed by atoms with Crippen LogP contribution in [0.15, 0.2) is 0 Å². The number of methoxy groups -OCH3 is 1. The normalized spacial score (nSPS) is 20.8. The van der Waals surface area contributed by atoms with E-state index in [1.165, 1.54) is 0 Å². The lowest BCUT2D eigenvalue weighted by Gasteiger charge is -2.35. The molecule has 5 nitrogen and oxygen atoms in total. The molecular formula is C11H19NO4. The monoisotopic (exact) mass is 229 g/mol. The van der Waals surface area contributed by atoms with Crippen molar-refractivity contribution in [2.75, 3.05) is 20.3 Å². The van der Waals surface area contributed by atoms with Crippen LogP contribution < -0.4 is 0 Å². The highest BCUT2D eigenvalue weighted by molar-refractivity contribution is 5.81. The van der Waals surface area contributed by atoms with Crippen molar-refractivity contribution >= 4 is 11.9 Å². The van der Waals surface area contributed by atoms with Gasteiger partial charge in [-0.3, -0.25) is 9.59 Å². The van der Waals surface area contributed by atoms with Crippen LogP contribution in [0, 0.1) is 0 Å². The third-order valence-corrected chi connectivity index (χ3v) is 2.86. The lowest BCUT2D eigenvalue weighted by atomic mass is 10.0. The Hall–Kier alpha value is -1.10. The summed E-state index contributed by atoms with van der Waals surface area (Å²) in [4.78, 5) is 24.0. The van der Waals surface area contributed by atoms with E-state index in [2.05, 4.69) is 0 Å². The molecule has 0 radical (unpaired) electrons. The predicted octanol–water partition coefficient (Wildman–Crippen LogP) is 0.879. The van der Waals surface area contributed by atoms with Gasteiger partial charge >= 0.3 is 5.97 Å². The zero-order valence-corrected chi connectivity index (χ0v) is 9.65. The number of amides is 1. The number of aliphatic carboxylic acids is 1. The van der Waals surface area contributed by atoms with Crippen molar-refractivity contribution in [1.82, 2.24) is 4.90 Å². The van der Waals surface area contributed by atoms with E-state index in [0.717, 1.165) is 25.8 Å². The zero-order chi connectivity index (χ0) is 12.0. The van der Waals surface area contributed by atoms with Crippen LogP contribution in [0.4, 0.5) is 0 Å². The van der Waals surface area contributed by atoms with Gasteiger partial charge in [0, 0.05) is 20.1 Å². The van der Waals surface area contributed by atoms with E-state index in [-0.39, 0.29) is 24.8 Å². The Morgan fingerprint density at radius 1 is 1.38 bits per heavy atom. The van der Waals surface area contributed by atoms with Gasteiger partial charge < -0.3 is 14.7 Å². The summed E-state index contributed by atoms with van der Waals surface area (Å²) >= 11 is 0. The maximum absolute atomic E-state index is 11.8. The van der Waals surface area contributed by atoms with Crippen LogP contribution in [-0.4, -0.2) is 48.2 Å². The first kappa shape index (κ1) is 13.0. The number of hydrogen-bond donors (Lipinski definition) is 1. The molecule has 0 aromatic rings. The molecule has 1 aliphatic heterocycles. The number of carbonyl (C=O) groups excluding carboxylic acids is 1. The van der Waals surface area contributed by atoms with E-state index in [0.29, 0.717) is 6.61 Å². The van der Waals surface area contributed by atoms with Gasteiger partial charge in [0.15, 0.2) is 0 Å². The molecule has 1 amide bonds. The van der Waals surface area contributed by atoms with Crippen LogP contribution >= 0.6 is 0 Å². The number of carboxylic acid groups (broad SMARTS) is 1. The molecule has 0 spiro atoms. The molecule has 0 aliphatic carbocycles. The molecular weight excluding hydrogens is 210 g/mol. The summed E-state index contributed by atoms with van der Waals surface area (Å²) in [6.07, 6.45) is 3.06. The fourth-order valence-corrected chi connectivity index (χ4v) is 2.05. The first-order valence-electron chi connectivity index (χ1n) is 5.65. The van der Waals surface area contributed by atoms with E-state index in [1.54, 1.807) is 12.0 Å². The predicted molar refractivity (Wildman–Crippen MR) is 58.1 cm³/mol. The van der Waals surface area contributed by atoms with E-state index < -0.39 is 5.97 Å². The van der Waals surface area contributed by atoms with Crippen LogP contribution in [0.5, 0.6) is 0 Å². The van der Waals surface area contributed by atoms with Crippen molar-refractivity contribution in [3.63, 3.8) is 0 Å². The largest absolute Gasteiger partial charge is 0.481 e. The Bertz CT molecular complexity index is 252. The standard InChI is InChI=1S/C11H19NO4/c1-16-8-9-4-2-3-7-12(9)10(13)5-6-11(14)15/h9H,2-8H2,1H3,(H,14,15)/t9-/m1/s1. The molecule has 92 valence electrons. The molecule has 0 bridgehead atoms. The third kappa shape index (κ3) is 3.81. The quantitative estimate of drug-likeness (QED) is 0.760. The number of rotatable bonds is 5. The van der Waals surface area contributed by atoms with Gasteiger partial charge in [-0.2, -0.15) is 0 Å². The maximum atomic E-state index is 11.8. The molecule has 0 aromatic heterocycles. The average Bonchev–Trinajstić information content (AvgIpc) is 2.27. The number of likely N-dealkylation sites (tertiary alicyclic amines) is 1. The second-order valence-corrected chi connectivity index (χ2v) is 4.09. The molecule has 1 N–H and O–H groups in total. The van der Waals surface area contributed by atoms with Gasteiger partial charge in [0.05, 0.1) is 19.1 Å². The van der Waals surface area contributed by atoms with Crippen LogP contribution in [0.25, 0.3) is 0 Å². The van der Waals surface area contributed by atoms with Gasteiger partial charge in [-0.05, 0) is 19.3 Å². The van der Waals surface area contributed by atoms with E-state index in [4.69, 9.17) is 9.84 Å². The smallest absolute Gasteiger partial charge is 0.303 e. The second kappa shape index (κ2) is 6.48. The molecule has 0 aromatic carbocycles. The molecule has 1 saturated heterocycles. The Labute approximate surface area is 95.4 Å². The summed E-state index contributed by atoms with van der Waals surface area (Å²) in [6, 6.07) is 0.125. The lowest BCUT2D eigenvalue weighted by Crippen LogP contribution is -2.46. The van der Waals surface area contributed by atoms with Crippen LogP contribution in [0.1, 0.15) is 32.1 Å². The van der Waals surface area contributed by atoms with E-state index in [9.17, 15) is 9.59 Å². The molecule has 0 unspecified atom stereocenters. The summed E-state index contributed by atoms with van der Waals surface area (Å²) in [5, 5.41) is 8.53. The fraction of sp³-hybridized carbons (Fsp3) is 0.818. The molecule has 16 heavy (non-hydrogen) atoms. The van der Waals surface area contributed by atoms with Gasteiger partial charge in [-0.15, -0.1) is 0 Å². The Morgan fingerprint density at radius 3 is 2.75 bits per heavy atom. The first-order valence-corrected chi connectivity index (χ1v) is 5.65. The van der Waals surface area contributed by atoms with Crippen molar-refractivity contribution in [2.45, 2.75) is 38.1 Å². The fourth-order valence-electron chi connectivity index (χ4n) is 2.05. The van der Waals surface area contributed by atoms with Crippen molar-refractivity contribution < 1.29 is 19.4 Å². The van der Waals surface area contributed by atoms with E-state index in [1.807, 2.05) is 0 Å². The van der Waals surface area contributed by atoms with Crippen molar-refractivity contribution in [1.29, 1.82) is 0 Å². The van der Waals surface area contributed by atoms with Crippen molar-refractivity contribution in [3.8, 4) is 0 Å². The summed E-state index contributed by atoms with van der Waals surface area (Å²) in [5.41, 5.74) is 0. The number of carbonyl (C=O) groups is 2. The highest BCUT2D eigenvalue weighted by atomic mass is 16.5. The van der Waals surface area contributed by atoms with Crippen molar-refractivity contribution in [2.24, 2.45) is 0 Å². The Balaban J connectivity index is 2.46. The minimum Gasteiger partial charge on any atom is -0.481 e. The molecule has 1 rings (SSSR count). The topological polar surface area (TPSA) is 66.8 Å². The number of piperidine rings is 1. The number of ether oxygens (including phenoxy) is 1. The molecule has 5 heteroatoms. The van der Waals surface area contributed by atoms with Crippen LogP contribution in [-0.2, 0) is 14.3 Å². The molecule has 1 aliphatic rings. The maximum Gasteiger partial charge on any atom is 0.303 e. The number of nitrogens with zero attached hydrogens (tertiary/aromatic N) is 1. The van der Waals surface area contributed by atoms with Crippen LogP contribution in [0.2, 0.25) is 0 Å². The molecule has 1 heterocycles. The number of carboxylic acids is 1. The average molecular weight is 229 g/mol. The van der Waals surface area contributed by atoms with Crippen LogP contribution in [0.3, 0.4) is 0 Å². The SMILES string of the molecule is COC[C@H]1CCCCN1C(=O)CCC(=O)O. The third-order valence-electron chi connectivity index (χ3n) is 2.86. The van der Waals surface area contributed by atoms with Gasteiger partial charge in [-0.1, -0.05) is 0 Å². The number of hydrogen-bond acceptors (Lipinski definition) is 3. The summed E-state index contributed by atoms with van der Waals surface area (Å²) < 4.78 is 5.08. The second-order valence-electron chi connectivity index (χ2n) is 4.09. The van der Waals surface area contributed by atoms with Crippen molar-refractivity contribution in [3.05, 3.63) is 0 Å². The highest BCUT2D eigenvalue weighted by Gasteiger charge is 2.26. The molecule has 0 saturated carbocycles. The zero-order valence-electron chi connectivity index (χ0n) is 9.65. The minimum absolute atomic E-state index is 0.0656. The summed E-state index contributed by atoms with van der Waals surface area (Å²) in [7, 11) is 1.62. The Kier molecular flexibility index (Phi) is 5.25. The first-order chi connectivity index (χ1) is 7.65. The van der Waals surface area contributed by atoms with Gasteiger partial charge in [0.2, 0.25) is 5.91 Å². The van der Waals surface area contributed by atoms with E-state index >= 15 is 0 Å². The Morgan fingerprint density at radius 2 is 2.12 bits per heavy atom. The van der Waals surface area contributed by atoms with Gasteiger partial charge in [0.25, 0.3) is 0 Å². The van der Waals surface area contributed by atoms with Gasteiger partial charge in [-0.25, -0.2) is 0 Å². The molecule has 1 atom stereocenters. The summed E-state index contributed by atoms with van der Waals surface area (Å²) in [5.74, 6) is -0.988. The lowest BCUT2D eigenvalue weighted by molar-refractivity contribution is -0.142. The molecule has 1 fully saturated rings.